The van der Waals surface area contributed by atoms with Gasteiger partial charge in [-0.1, -0.05) is 13.8 Å². The fourth-order valence-electron chi connectivity index (χ4n) is 4.53. The average Bonchev–Trinajstić information content (AvgIpc) is 2.75. The lowest BCUT2D eigenvalue weighted by molar-refractivity contribution is -0.154. The van der Waals surface area contributed by atoms with Crippen LogP contribution in [0.15, 0.2) is 0 Å². The first kappa shape index (κ1) is 16.9. The summed E-state index contributed by atoms with van der Waals surface area (Å²) in [6.07, 6.45) is 6.00. The molecule has 5 heteroatoms. The summed E-state index contributed by atoms with van der Waals surface area (Å²) in [5.74, 6) is 0.768. The van der Waals surface area contributed by atoms with Crippen LogP contribution in [0.3, 0.4) is 0 Å². The quantitative estimate of drug-likeness (QED) is 0.409. The zero-order valence-electron chi connectivity index (χ0n) is 14.2. The summed E-state index contributed by atoms with van der Waals surface area (Å²) in [5.41, 5.74) is -0.288. The van der Waals surface area contributed by atoms with Crippen molar-refractivity contribution in [3.05, 3.63) is 0 Å². The van der Waals surface area contributed by atoms with Gasteiger partial charge in [-0.15, -0.1) is 0 Å². The summed E-state index contributed by atoms with van der Waals surface area (Å²) < 4.78 is 17.3. The summed E-state index contributed by atoms with van der Waals surface area (Å²) in [7, 11) is 0. The second kappa shape index (κ2) is 6.89. The van der Waals surface area contributed by atoms with E-state index in [2.05, 4.69) is 0 Å². The number of fused-ring (bicyclic) bond motifs is 1. The number of aldehydes is 1. The largest absolute Gasteiger partial charge is 0.463 e. The fraction of sp³-hybridized carbons (Fsp3) is 0.889. The van der Waals surface area contributed by atoms with E-state index in [9.17, 15) is 9.59 Å². The van der Waals surface area contributed by atoms with Gasteiger partial charge in [0, 0.05) is 5.41 Å². The molecule has 4 aliphatic rings. The van der Waals surface area contributed by atoms with Gasteiger partial charge >= 0.3 is 5.97 Å². The van der Waals surface area contributed by atoms with Crippen LogP contribution in [0.2, 0.25) is 0 Å². The lowest BCUT2D eigenvalue weighted by Crippen LogP contribution is -2.46. The van der Waals surface area contributed by atoms with Gasteiger partial charge in [-0.05, 0) is 43.9 Å². The Labute approximate surface area is 138 Å². The molecule has 23 heavy (non-hydrogen) atoms. The van der Waals surface area contributed by atoms with Crippen molar-refractivity contribution >= 4 is 12.3 Å². The molecule has 2 saturated carbocycles. The van der Waals surface area contributed by atoms with Gasteiger partial charge in [0.05, 0.1) is 31.3 Å². The van der Waals surface area contributed by atoms with Gasteiger partial charge in [-0.25, -0.2) is 0 Å². The Morgan fingerprint density at radius 1 is 1.35 bits per heavy atom. The number of carbonyl (C=O) groups excluding carboxylic acids is 2. The van der Waals surface area contributed by atoms with Gasteiger partial charge in [-0.3, -0.25) is 4.79 Å². The SMILES string of the molecule is CCC(C)C(=O)OCCOC1C2CC3CC1OCC(C=O)(C3)C2. The van der Waals surface area contributed by atoms with E-state index in [1.165, 1.54) is 0 Å². The summed E-state index contributed by atoms with van der Waals surface area (Å²) in [4.78, 5) is 23.2. The molecule has 4 fully saturated rings. The van der Waals surface area contributed by atoms with Crippen molar-refractivity contribution < 1.29 is 23.8 Å². The summed E-state index contributed by atoms with van der Waals surface area (Å²) in [5, 5.41) is 0. The predicted octanol–water partition coefficient (Wildman–Crippen LogP) is 2.37. The molecule has 6 atom stereocenters. The third kappa shape index (κ3) is 3.45. The lowest BCUT2D eigenvalue weighted by Gasteiger charge is -2.45. The van der Waals surface area contributed by atoms with Crippen LogP contribution in [0.5, 0.6) is 0 Å². The van der Waals surface area contributed by atoms with Crippen LogP contribution < -0.4 is 0 Å². The summed E-state index contributed by atoms with van der Waals surface area (Å²) in [6.45, 7) is 5.08. The van der Waals surface area contributed by atoms with E-state index >= 15 is 0 Å². The van der Waals surface area contributed by atoms with Gasteiger partial charge < -0.3 is 19.0 Å². The van der Waals surface area contributed by atoms with E-state index in [1.807, 2.05) is 13.8 Å². The van der Waals surface area contributed by atoms with Crippen molar-refractivity contribution in [2.75, 3.05) is 19.8 Å². The molecule has 0 N–H and O–H groups in total. The Morgan fingerprint density at radius 3 is 2.91 bits per heavy atom. The van der Waals surface area contributed by atoms with Crippen LogP contribution in [0.25, 0.3) is 0 Å². The molecular formula is C18H28O5. The first-order valence-electron chi connectivity index (χ1n) is 8.93. The molecule has 2 aliphatic heterocycles. The molecule has 0 radical (unpaired) electrons. The Morgan fingerprint density at radius 2 is 2.17 bits per heavy atom. The zero-order valence-corrected chi connectivity index (χ0v) is 14.2. The van der Waals surface area contributed by atoms with Crippen molar-refractivity contribution in [3.8, 4) is 0 Å². The molecular weight excluding hydrogens is 296 g/mol. The molecule has 4 rings (SSSR count). The number of carbonyl (C=O) groups is 2. The van der Waals surface area contributed by atoms with Gasteiger partial charge in [0.15, 0.2) is 0 Å². The van der Waals surface area contributed by atoms with E-state index < -0.39 is 0 Å². The second-order valence-corrected chi connectivity index (χ2v) is 7.65. The van der Waals surface area contributed by atoms with Crippen LogP contribution >= 0.6 is 0 Å². The maximum absolute atomic E-state index is 11.7. The normalized spacial score (nSPS) is 39.7. The van der Waals surface area contributed by atoms with Crippen molar-refractivity contribution in [2.45, 2.75) is 58.2 Å². The fourth-order valence-corrected chi connectivity index (χ4v) is 4.53. The van der Waals surface area contributed by atoms with E-state index in [1.54, 1.807) is 0 Å². The van der Waals surface area contributed by atoms with Gasteiger partial charge in [0.2, 0.25) is 0 Å². The first-order valence-corrected chi connectivity index (χ1v) is 8.93. The summed E-state index contributed by atoms with van der Waals surface area (Å²) >= 11 is 0. The van der Waals surface area contributed by atoms with Crippen LogP contribution in [0.4, 0.5) is 0 Å². The monoisotopic (exact) mass is 324 g/mol. The standard InChI is InChI=1S/C18H28O5/c1-3-12(2)17(20)22-5-4-21-16-14-6-13-7-15(16)23-11-18(8-13,9-14)10-19/h10,12-16H,3-9,11H2,1-2H3. The van der Waals surface area contributed by atoms with Crippen LogP contribution in [0, 0.1) is 23.2 Å². The number of hydrogen-bond acceptors (Lipinski definition) is 5. The molecule has 2 heterocycles. The minimum Gasteiger partial charge on any atom is -0.463 e. The number of esters is 1. The zero-order chi connectivity index (χ0) is 16.4. The third-order valence-electron chi connectivity index (χ3n) is 5.88. The molecule has 0 aromatic carbocycles. The molecule has 6 unspecified atom stereocenters. The minimum absolute atomic E-state index is 0.0377. The highest BCUT2D eigenvalue weighted by Gasteiger charge is 2.53. The van der Waals surface area contributed by atoms with Gasteiger partial charge in [0.1, 0.15) is 12.9 Å². The summed E-state index contributed by atoms with van der Waals surface area (Å²) in [6, 6.07) is 0. The van der Waals surface area contributed by atoms with E-state index in [0.29, 0.717) is 31.7 Å². The maximum Gasteiger partial charge on any atom is 0.308 e. The number of hydrogen-bond donors (Lipinski definition) is 0. The second-order valence-electron chi connectivity index (χ2n) is 7.65. The van der Waals surface area contributed by atoms with Crippen LogP contribution in [-0.2, 0) is 23.8 Å². The molecule has 130 valence electrons. The smallest absolute Gasteiger partial charge is 0.308 e. The molecule has 0 amide bonds. The van der Waals surface area contributed by atoms with Gasteiger partial charge in [0.25, 0.3) is 0 Å². The maximum atomic E-state index is 11.7. The Bertz CT molecular complexity index is 451. The number of rotatable bonds is 7. The molecule has 4 bridgehead atoms. The minimum atomic E-state index is -0.288. The van der Waals surface area contributed by atoms with E-state index in [4.69, 9.17) is 14.2 Å². The molecule has 0 aromatic rings. The molecule has 2 aliphatic carbocycles. The van der Waals surface area contributed by atoms with Crippen molar-refractivity contribution in [1.82, 2.24) is 0 Å². The Kier molecular flexibility index (Phi) is 5.07. The average molecular weight is 324 g/mol. The highest BCUT2D eigenvalue weighted by atomic mass is 16.6. The van der Waals surface area contributed by atoms with Crippen LogP contribution in [0.1, 0.15) is 46.0 Å². The molecule has 2 saturated heterocycles. The highest BCUT2D eigenvalue weighted by molar-refractivity contribution is 5.71. The Balaban J connectivity index is 1.51. The van der Waals surface area contributed by atoms with E-state index in [-0.39, 0.29) is 29.5 Å². The molecule has 0 spiro atoms. The molecule has 5 nitrogen and oxygen atoms in total. The third-order valence-corrected chi connectivity index (χ3v) is 5.88. The van der Waals surface area contributed by atoms with Crippen molar-refractivity contribution in [3.63, 3.8) is 0 Å². The lowest BCUT2D eigenvalue weighted by atomic mass is 9.61. The van der Waals surface area contributed by atoms with Gasteiger partial charge in [-0.2, -0.15) is 0 Å². The van der Waals surface area contributed by atoms with Crippen LogP contribution in [-0.4, -0.2) is 44.3 Å². The highest BCUT2D eigenvalue weighted by Crippen LogP contribution is 2.52. The Hall–Kier alpha value is -0.940. The first-order chi connectivity index (χ1) is 11.1. The predicted molar refractivity (Wildman–Crippen MR) is 83.8 cm³/mol. The van der Waals surface area contributed by atoms with Crippen molar-refractivity contribution in [1.29, 1.82) is 0 Å². The van der Waals surface area contributed by atoms with Crippen molar-refractivity contribution in [2.24, 2.45) is 23.2 Å². The van der Waals surface area contributed by atoms with E-state index in [0.717, 1.165) is 38.4 Å². The topological polar surface area (TPSA) is 61.8 Å². The number of ether oxygens (including phenoxy) is 3. The molecule has 0 aromatic heterocycles.